The first kappa shape index (κ1) is 18.1. The number of carbonyl (C=O) groups excluding carboxylic acids is 1. The highest BCUT2D eigenvalue weighted by atomic mass is 16.5. The molecule has 2 atom stereocenters. The summed E-state index contributed by atoms with van der Waals surface area (Å²) in [5.74, 6) is 0.948. The quantitative estimate of drug-likeness (QED) is 0.884. The first-order valence-corrected chi connectivity index (χ1v) is 10.1. The molecule has 2 aromatic rings. The minimum Gasteiger partial charge on any atom is -0.492 e. The van der Waals surface area contributed by atoms with Gasteiger partial charge in [0.05, 0.1) is 5.92 Å². The van der Waals surface area contributed by atoms with Crippen molar-refractivity contribution in [1.82, 2.24) is 10.2 Å². The monoisotopic (exact) mass is 364 g/mol. The first-order valence-electron chi connectivity index (χ1n) is 10.1. The molecule has 2 heterocycles. The van der Waals surface area contributed by atoms with Gasteiger partial charge in [-0.2, -0.15) is 0 Å². The second kappa shape index (κ2) is 8.57. The number of nitrogens with zero attached hydrogens (tertiary/aromatic N) is 1. The van der Waals surface area contributed by atoms with E-state index in [1.165, 1.54) is 18.4 Å². The fraction of sp³-hybridized carbons (Fsp3) is 0.435. The topological polar surface area (TPSA) is 41.6 Å². The van der Waals surface area contributed by atoms with E-state index in [1.807, 2.05) is 18.2 Å². The van der Waals surface area contributed by atoms with Crippen LogP contribution in [0.1, 0.15) is 30.4 Å². The molecule has 0 aromatic heterocycles. The summed E-state index contributed by atoms with van der Waals surface area (Å²) in [5, 5.41) is 3.21. The summed E-state index contributed by atoms with van der Waals surface area (Å²) in [7, 11) is 0. The van der Waals surface area contributed by atoms with Crippen LogP contribution in [0.5, 0.6) is 5.75 Å². The van der Waals surface area contributed by atoms with Gasteiger partial charge in [-0.25, -0.2) is 0 Å². The number of likely N-dealkylation sites (tertiary alicyclic amines) is 1. The van der Waals surface area contributed by atoms with Crippen molar-refractivity contribution < 1.29 is 9.53 Å². The van der Waals surface area contributed by atoms with Gasteiger partial charge in [0.15, 0.2) is 0 Å². The molecule has 2 aromatic carbocycles. The largest absolute Gasteiger partial charge is 0.492 e. The Labute approximate surface area is 161 Å². The van der Waals surface area contributed by atoms with E-state index in [0.29, 0.717) is 12.6 Å². The Hall–Kier alpha value is -2.33. The summed E-state index contributed by atoms with van der Waals surface area (Å²) >= 11 is 0. The van der Waals surface area contributed by atoms with Crippen LogP contribution in [0.15, 0.2) is 54.6 Å². The number of fused-ring (bicyclic) bond motifs is 1. The minimum absolute atomic E-state index is 0.0916. The highest BCUT2D eigenvalue weighted by Crippen LogP contribution is 2.27. The van der Waals surface area contributed by atoms with E-state index < -0.39 is 0 Å². The maximum atomic E-state index is 12.7. The normalized spacial score (nSPS) is 22.5. The molecule has 1 amide bonds. The van der Waals surface area contributed by atoms with Crippen LogP contribution in [-0.2, 0) is 17.8 Å². The van der Waals surface area contributed by atoms with Crippen molar-refractivity contribution in [3.8, 4) is 5.75 Å². The molecule has 0 bridgehead atoms. The van der Waals surface area contributed by atoms with Crippen molar-refractivity contribution in [1.29, 1.82) is 0 Å². The summed E-state index contributed by atoms with van der Waals surface area (Å²) < 4.78 is 5.78. The first-order chi connectivity index (χ1) is 13.3. The van der Waals surface area contributed by atoms with Crippen LogP contribution in [0.2, 0.25) is 0 Å². The molecule has 0 spiro atoms. The van der Waals surface area contributed by atoms with Crippen molar-refractivity contribution in [2.75, 3.05) is 19.7 Å². The third kappa shape index (κ3) is 4.51. The Kier molecular flexibility index (Phi) is 5.73. The fourth-order valence-corrected chi connectivity index (χ4v) is 4.18. The van der Waals surface area contributed by atoms with E-state index in [-0.39, 0.29) is 11.8 Å². The van der Waals surface area contributed by atoms with Crippen LogP contribution < -0.4 is 10.1 Å². The second-order valence-electron chi connectivity index (χ2n) is 7.67. The SMILES string of the molecule is O=C(NCC1CCCCN1Cc1ccccc1)C1COc2ccccc2C1. The molecule has 0 aliphatic carbocycles. The zero-order chi connectivity index (χ0) is 18.5. The Morgan fingerprint density at radius 1 is 1.07 bits per heavy atom. The Bertz CT molecular complexity index is 762. The summed E-state index contributed by atoms with van der Waals surface area (Å²) in [6.07, 6.45) is 4.40. The molecule has 4 rings (SSSR count). The van der Waals surface area contributed by atoms with Crippen LogP contribution in [-0.4, -0.2) is 36.5 Å². The molecule has 1 fully saturated rings. The Morgan fingerprint density at radius 3 is 2.78 bits per heavy atom. The van der Waals surface area contributed by atoms with Crippen molar-refractivity contribution >= 4 is 5.91 Å². The molecule has 2 aliphatic heterocycles. The molecule has 0 radical (unpaired) electrons. The van der Waals surface area contributed by atoms with E-state index in [0.717, 1.165) is 43.8 Å². The minimum atomic E-state index is -0.0916. The average Bonchev–Trinajstić information content (AvgIpc) is 2.73. The number of ether oxygens (including phenoxy) is 1. The highest BCUT2D eigenvalue weighted by Gasteiger charge is 2.28. The van der Waals surface area contributed by atoms with Gasteiger partial charge < -0.3 is 10.1 Å². The van der Waals surface area contributed by atoms with Gasteiger partial charge in [-0.15, -0.1) is 0 Å². The van der Waals surface area contributed by atoms with E-state index >= 15 is 0 Å². The van der Waals surface area contributed by atoms with Gasteiger partial charge in [-0.05, 0) is 43.0 Å². The van der Waals surface area contributed by atoms with Crippen LogP contribution in [0.4, 0.5) is 0 Å². The number of piperidine rings is 1. The van der Waals surface area contributed by atoms with Gasteiger partial charge in [0.1, 0.15) is 12.4 Å². The van der Waals surface area contributed by atoms with Gasteiger partial charge in [0.25, 0.3) is 0 Å². The third-order valence-electron chi connectivity index (χ3n) is 5.74. The smallest absolute Gasteiger partial charge is 0.226 e. The Morgan fingerprint density at radius 2 is 1.89 bits per heavy atom. The molecule has 1 saturated heterocycles. The molecule has 4 heteroatoms. The van der Waals surface area contributed by atoms with Crippen molar-refractivity contribution in [2.45, 2.75) is 38.3 Å². The van der Waals surface area contributed by atoms with E-state index in [9.17, 15) is 4.79 Å². The van der Waals surface area contributed by atoms with Crippen molar-refractivity contribution in [3.63, 3.8) is 0 Å². The van der Waals surface area contributed by atoms with Gasteiger partial charge in [-0.1, -0.05) is 55.0 Å². The number of benzene rings is 2. The number of amides is 1. The maximum Gasteiger partial charge on any atom is 0.226 e. The van der Waals surface area contributed by atoms with Crippen LogP contribution in [0.3, 0.4) is 0 Å². The maximum absolute atomic E-state index is 12.7. The molecular formula is C23H28N2O2. The summed E-state index contributed by atoms with van der Waals surface area (Å²) in [5.41, 5.74) is 2.47. The standard InChI is InChI=1S/C23H28N2O2/c26-23(20-14-19-10-4-5-12-22(19)27-17-20)24-15-21-11-6-7-13-25(21)16-18-8-2-1-3-9-18/h1-5,8-10,12,20-21H,6-7,11,13-17H2,(H,24,26). The summed E-state index contributed by atoms with van der Waals surface area (Å²) in [6.45, 7) is 3.27. The zero-order valence-corrected chi connectivity index (χ0v) is 15.8. The molecular weight excluding hydrogens is 336 g/mol. The third-order valence-corrected chi connectivity index (χ3v) is 5.74. The number of hydrogen-bond acceptors (Lipinski definition) is 3. The van der Waals surface area contributed by atoms with Crippen molar-refractivity contribution in [2.24, 2.45) is 5.92 Å². The predicted molar refractivity (Wildman–Crippen MR) is 107 cm³/mol. The lowest BCUT2D eigenvalue weighted by Crippen LogP contribution is -2.48. The summed E-state index contributed by atoms with van der Waals surface area (Å²) in [6, 6.07) is 19.0. The average molecular weight is 364 g/mol. The Balaban J connectivity index is 1.32. The highest BCUT2D eigenvalue weighted by molar-refractivity contribution is 5.79. The molecule has 142 valence electrons. The number of para-hydroxylation sites is 1. The lowest BCUT2D eigenvalue weighted by Gasteiger charge is -2.36. The van der Waals surface area contributed by atoms with Gasteiger partial charge >= 0.3 is 0 Å². The fourth-order valence-electron chi connectivity index (χ4n) is 4.18. The zero-order valence-electron chi connectivity index (χ0n) is 15.8. The lowest BCUT2D eigenvalue weighted by molar-refractivity contribution is -0.126. The molecule has 2 aliphatic rings. The predicted octanol–water partition coefficient (Wildman–Crippen LogP) is 3.41. The van der Waals surface area contributed by atoms with Gasteiger partial charge in [-0.3, -0.25) is 9.69 Å². The number of nitrogens with one attached hydrogen (secondary N) is 1. The lowest BCUT2D eigenvalue weighted by atomic mass is 9.95. The van der Waals surface area contributed by atoms with E-state index in [4.69, 9.17) is 4.74 Å². The second-order valence-corrected chi connectivity index (χ2v) is 7.67. The van der Waals surface area contributed by atoms with Gasteiger partial charge in [0.2, 0.25) is 5.91 Å². The van der Waals surface area contributed by atoms with E-state index in [1.54, 1.807) is 0 Å². The molecule has 27 heavy (non-hydrogen) atoms. The van der Waals surface area contributed by atoms with Crippen LogP contribution >= 0.6 is 0 Å². The van der Waals surface area contributed by atoms with Crippen LogP contribution in [0, 0.1) is 5.92 Å². The molecule has 4 nitrogen and oxygen atoms in total. The number of rotatable bonds is 5. The molecule has 1 N–H and O–H groups in total. The molecule has 0 saturated carbocycles. The molecule has 2 unspecified atom stereocenters. The number of hydrogen-bond donors (Lipinski definition) is 1. The number of carbonyl (C=O) groups is 1. The van der Waals surface area contributed by atoms with Crippen LogP contribution in [0.25, 0.3) is 0 Å². The summed E-state index contributed by atoms with van der Waals surface area (Å²) in [4.78, 5) is 15.2. The van der Waals surface area contributed by atoms with Gasteiger partial charge in [0, 0.05) is 19.1 Å². The van der Waals surface area contributed by atoms with Crippen molar-refractivity contribution in [3.05, 3.63) is 65.7 Å². The van der Waals surface area contributed by atoms with E-state index in [2.05, 4.69) is 46.6 Å².